The second-order valence-corrected chi connectivity index (χ2v) is 11.6. The molecule has 11 heteroatoms. The van der Waals surface area contributed by atoms with Gasteiger partial charge in [-0.05, 0) is 30.5 Å². The third-order valence-electron chi connectivity index (χ3n) is 8.33. The van der Waals surface area contributed by atoms with Gasteiger partial charge in [0.1, 0.15) is 24.5 Å². The van der Waals surface area contributed by atoms with Gasteiger partial charge in [-0.25, -0.2) is 9.18 Å². The molecule has 2 aromatic carbocycles. The maximum atomic E-state index is 14.5. The molecule has 4 rings (SSSR count). The van der Waals surface area contributed by atoms with E-state index in [9.17, 15) is 24.2 Å². The van der Waals surface area contributed by atoms with E-state index < -0.39 is 55.5 Å². The number of aliphatic hydroxyl groups is 2. The van der Waals surface area contributed by atoms with E-state index in [1.54, 1.807) is 29.2 Å². The van der Waals surface area contributed by atoms with Crippen molar-refractivity contribution >= 4 is 11.9 Å². The molecular weight excluding hydrogens is 585 g/mol. The van der Waals surface area contributed by atoms with E-state index in [1.165, 1.54) is 7.11 Å². The van der Waals surface area contributed by atoms with Gasteiger partial charge in [0, 0.05) is 26.1 Å². The third kappa shape index (κ3) is 10.3. The monoisotopic (exact) mass is 631 g/mol. The van der Waals surface area contributed by atoms with Crippen LogP contribution in [0.2, 0.25) is 0 Å². The number of aliphatic hydroxyl groups excluding tert-OH is 2. The highest BCUT2D eigenvalue weighted by Crippen LogP contribution is 2.32. The molecule has 2 aliphatic rings. The first-order chi connectivity index (χ1) is 21.9. The second-order valence-electron chi connectivity index (χ2n) is 11.6. The second kappa shape index (κ2) is 18.3. The van der Waals surface area contributed by atoms with Gasteiger partial charge in [-0.3, -0.25) is 9.69 Å². The number of hydrogen-bond donors (Lipinski definition) is 2. The number of ether oxygens (including phenoxy) is 5. The zero-order chi connectivity index (χ0) is 32.0. The molecule has 2 heterocycles. The number of rotatable bonds is 18. The summed E-state index contributed by atoms with van der Waals surface area (Å²) in [5.41, 5.74) is 1.28. The maximum Gasteiger partial charge on any atom is 0.338 e. The summed E-state index contributed by atoms with van der Waals surface area (Å²) in [6, 6.07) is 17.4. The highest BCUT2D eigenvalue weighted by atomic mass is 19.1. The van der Waals surface area contributed by atoms with Crippen molar-refractivity contribution in [1.82, 2.24) is 4.90 Å². The summed E-state index contributed by atoms with van der Waals surface area (Å²) in [6.07, 6.45) is -0.341. The minimum absolute atomic E-state index is 0.0721. The van der Waals surface area contributed by atoms with Gasteiger partial charge in [0.2, 0.25) is 0 Å². The van der Waals surface area contributed by atoms with Gasteiger partial charge in [0.05, 0.1) is 31.9 Å². The minimum Gasteiger partial charge on any atom is -0.469 e. The SMILES string of the molecule is COC(=O)CCCCCCCCO[C@H]1O[C@H](CN2C[C@@H](F)[C@H](O)[C@H]2CO)[C@@H](OCc2ccccc2)[C@@H]1OC(=O)c1ccccc1. The summed E-state index contributed by atoms with van der Waals surface area (Å²) in [7, 11) is 1.39. The Morgan fingerprint density at radius 3 is 2.29 bits per heavy atom. The van der Waals surface area contributed by atoms with Crippen molar-refractivity contribution in [3.63, 3.8) is 0 Å². The molecule has 2 fully saturated rings. The zero-order valence-corrected chi connectivity index (χ0v) is 25.9. The average Bonchev–Trinajstić information content (AvgIpc) is 3.52. The molecule has 0 amide bonds. The summed E-state index contributed by atoms with van der Waals surface area (Å²) < 4.78 is 44.0. The first-order valence-corrected chi connectivity index (χ1v) is 15.8. The van der Waals surface area contributed by atoms with Gasteiger partial charge in [-0.15, -0.1) is 0 Å². The summed E-state index contributed by atoms with van der Waals surface area (Å²) >= 11 is 0. The molecule has 2 aliphatic heterocycles. The van der Waals surface area contributed by atoms with Crippen LogP contribution in [0.15, 0.2) is 60.7 Å². The summed E-state index contributed by atoms with van der Waals surface area (Å²) in [4.78, 5) is 26.1. The van der Waals surface area contributed by atoms with Crippen LogP contribution in [0.5, 0.6) is 0 Å². The summed E-state index contributed by atoms with van der Waals surface area (Å²) in [5, 5.41) is 20.2. The van der Waals surface area contributed by atoms with Gasteiger partial charge in [-0.1, -0.05) is 74.2 Å². The number of carbonyl (C=O) groups is 2. The number of alkyl halides is 1. The molecule has 0 unspecified atom stereocenters. The Kier molecular flexibility index (Phi) is 14.2. The number of benzene rings is 2. The maximum absolute atomic E-state index is 14.5. The smallest absolute Gasteiger partial charge is 0.338 e. The molecule has 248 valence electrons. The molecule has 0 saturated carbocycles. The molecule has 0 spiro atoms. The number of esters is 2. The van der Waals surface area contributed by atoms with E-state index in [0.717, 1.165) is 44.1 Å². The van der Waals surface area contributed by atoms with Gasteiger partial charge in [0.15, 0.2) is 12.4 Å². The van der Waals surface area contributed by atoms with Crippen molar-refractivity contribution in [1.29, 1.82) is 0 Å². The number of hydrogen-bond acceptors (Lipinski definition) is 10. The Morgan fingerprint density at radius 2 is 1.60 bits per heavy atom. The van der Waals surface area contributed by atoms with Crippen LogP contribution in [0.4, 0.5) is 4.39 Å². The van der Waals surface area contributed by atoms with Crippen LogP contribution in [0.3, 0.4) is 0 Å². The molecule has 0 radical (unpaired) electrons. The van der Waals surface area contributed by atoms with Crippen LogP contribution < -0.4 is 0 Å². The van der Waals surface area contributed by atoms with Crippen LogP contribution in [0.1, 0.15) is 60.9 Å². The van der Waals surface area contributed by atoms with Crippen LogP contribution in [-0.4, -0.2) is 103 Å². The highest BCUT2D eigenvalue weighted by molar-refractivity contribution is 5.89. The Hall–Kier alpha value is -2.93. The number of likely N-dealkylation sites (tertiary alicyclic amines) is 1. The molecule has 2 saturated heterocycles. The number of nitrogens with zero attached hydrogens (tertiary/aromatic N) is 1. The molecule has 0 aromatic heterocycles. The predicted molar refractivity (Wildman–Crippen MR) is 163 cm³/mol. The van der Waals surface area contributed by atoms with E-state index in [2.05, 4.69) is 4.74 Å². The number of carbonyl (C=O) groups excluding carboxylic acids is 2. The lowest BCUT2D eigenvalue weighted by molar-refractivity contribution is -0.169. The Balaban J connectivity index is 1.43. The first-order valence-electron chi connectivity index (χ1n) is 15.8. The Bertz CT molecular complexity index is 1160. The van der Waals surface area contributed by atoms with Crippen LogP contribution in [0, 0.1) is 0 Å². The molecular formula is C34H46FNO9. The lowest BCUT2D eigenvalue weighted by atomic mass is 10.1. The van der Waals surface area contributed by atoms with E-state index >= 15 is 0 Å². The van der Waals surface area contributed by atoms with Gasteiger partial charge < -0.3 is 33.9 Å². The fourth-order valence-electron chi connectivity index (χ4n) is 5.80. The zero-order valence-electron chi connectivity index (χ0n) is 25.9. The molecule has 45 heavy (non-hydrogen) atoms. The lowest BCUT2D eigenvalue weighted by Gasteiger charge is -2.29. The van der Waals surface area contributed by atoms with Crippen molar-refractivity contribution in [3.8, 4) is 0 Å². The molecule has 2 aromatic rings. The van der Waals surface area contributed by atoms with Crippen molar-refractivity contribution in [2.75, 3.05) is 33.4 Å². The van der Waals surface area contributed by atoms with Gasteiger partial charge in [-0.2, -0.15) is 0 Å². The van der Waals surface area contributed by atoms with Gasteiger partial charge in [0.25, 0.3) is 0 Å². The third-order valence-corrected chi connectivity index (χ3v) is 8.33. The van der Waals surface area contributed by atoms with Crippen molar-refractivity contribution in [2.45, 2.75) is 94.5 Å². The molecule has 0 aliphatic carbocycles. The van der Waals surface area contributed by atoms with Gasteiger partial charge >= 0.3 is 11.9 Å². The summed E-state index contributed by atoms with van der Waals surface area (Å²) in [6.45, 7) is 0.215. The minimum atomic E-state index is -1.51. The standard InChI is InChI=1S/C34H46FNO9/c1-41-29(38)18-12-4-2-3-5-13-19-42-34-32(45-33(40)25-16-10-7-11-17-25)31(43-23-24-14-8-6-9-15-24)28(44-34)21-36-20-26(35)30(39)27(36)22-37/h6-11,14-17,26-28,30-32,34,37,39H,2-5,12-13,18-23H2,1H3/t26-,27-,28-,30+,31-,32+,34+/m1/s1. The topological polar surface area (TPSA) is 124 Å². The number of methoxy groups -OCH3 is 1. The fraction of sp³-hybridized carbons (Fsp3) is 0.588. The normalized spacial score (nSPS) is 26.6. The highest BCUT2D eigenvalue weighted by Gasteiger charge is 2.51. The van der Waals surface area contributed by atoms with Crippen LogP contribution in [-0.2, 0) is 35.1 Å². The van der Waals surface area contributed by atoms with E-state index in [1.807, 2.05) is 36.4 Å². The lowest BCUT2D eigenvalue weighted by Crippen LogP contribution is -2.47. The number of halogens is 1. The first kappa shape index (κ1) is 34.9. The van der Waals surface area contributed by atoms with E-state index in [4.69, 9.17) is 18.9 Å². The fourth-order valence-corrected chi connectivity index (χ4v) is 5.80. The van der Waals surface area contributed by atoms with Crippen LogP contribution in [0.25, 0.3) is 0 Å². The van der Waals surface area contributed by atoms with Crippen molar-refractivity contribution in [2.24, 2.45) is 0 Å². The number of unbranched alkanes of at least 4 members (excludes halogenated alkanes) is 5. The quantitative estimate of drug-likeness (QED) is 0.185. The summed E-state index contributed by atoms with van der Waals surface area (Å²) in [5.74, 6) is -0.739. The predicted octanol–water partition coefficient (Wildman–Crippen LogP) is 3.82. The van der Waals surface area contributed by atoms with E-state index in [0.29, 0.717) is 18.6 Å². The van der Waals surface area contributed by atoms with Crippen molar-refractivity contribution < 1.29 is 47.9 Å². The molecule has 7 atom stereocenters. The molecule has 10 nitrogen and oxygen atoms in total. The van der Waals surface area contributed by atoms with Crippen LogP contribution >= 0.6 is 0 Å². The van der Waals surface area contributed by atoms with E-state index in [-0.39, 0.29) is 25.7 Å². The average molecular weight is 632 g/mol. The van der Waals surface area contributed by atoms with Crippen molar-refractivity contribution in [3.05, 3.63) is 71.8 Å². The largest absolute Gasteiger partial charge is 0.469 e. The Labute approximate surface area is 264 Å². The molecule has 0 bridgehead atoms. The molecule has 2 N–H and O–H groups in total. The Morgan fingerprint density at radius 1 is 0.933 bits per heavy atom.